The minimum Gasteiger partial charge on any atom is -0.481 e. The number of hydrazine groups is 1. The third-order valence-corrected chi connectivity index (χ3v) is 6.63. The first-order valence-electron chi connectivity index (χ1n) is 12.4. The molecule has 0 aliphatic heterocycles. The number of carboxylic acid groups (broad SMARTS) is 1. The predicted molar refractivity (Wildman–Crippen MR) is 144 cm³/mol. The number of carboxylic acids is 1. The highest BCUT2D eigenvalue weighted by Crippen LogP contribution is 2.35. The van der Waals surface area contributed by atoms with Gasteiger partial charge in [0.05, 0.1) is 6.42 Å². The van der Waals surface area contributed by atoms with Crippen molar-refractivity contribution in [2.24, 2.45) is 5.41 Å². The zero-order valence-electron chi connectivity index (χ0n) is 22.3. The Balaban J connectivity index is 2.13. The van der Waals surface area contributed by atoms with Crippen LogP contribution in [0.1, 0.15) is 50.2 Å². The van der Waals surface area contributed by atoms with Crippen LogP contribution >= 0.6 is 0 Å². The molecular weight excluding hydrogens is 500 g/mol. The van der Waals surface area contributed by atoms with Crippen molar-refractivity contribution in [3.05, 3.63) is 78.1 Å². The van der Waals surface area contributed by atoms with Crippen LogP contribution in [-0.4, -0.2) is 56.7 Å². The van der Waals surface area contributed by atoms with Gasteiger partial charge in [0.15, 0.2) is 0 Å². The van der Waals surface area contributed by atoms with Gasteiger partial charge in [-0.05, 0) is 22.4 Å². The number of carbonyl (C=O) groups is 5. The zero-order valence-corrected chi connectivity index (χ0v) is 22.3. The number of aromatic nitrogens is 1. The molecule has 3 aromatic rings. The minimum absolute atomic E-state index is 0.0239. The second-order valence-corrected chi connectivity index (χ2v) is 10.3. The number of fused-ring (bicyclic) bond motifs is 1. The van der Waals surface area contributed by atoms with Crippen LogP contribution in [0.25, 0.3) is 10.8 Å². The summed E-state index contributed by atoms with van der Waals surface area (Å²) in [5.74, 6) is -3.47. The van der Waals surface area contributed by atoms with E-state index in [2.05, 4.69) is 15.7 Å². The third kappa shape index (κ3) is 6.46. The lowest BCUT2D eigenvalue weighted by molar-refractivity contribution is -0.152. The molecule has 10 nitrogen and oxygen atoms in total. The quantitative estimate of drug-likeness (QED) is 0.284. The highest BCUT2D eigenvalue weighted by molar-refractivity contribution is 6.07. The Morgan fingerprint density at radius 3 is 2.23 bits per heavy atom. The Labute approximate surface area is 226 Å². The van der Waals surface area contributed by atoms with E-state index in [0.717, 1.165) is 17.9 Å². The van der Waals surface area contributed by atoms with Crippen molar-refractivity contribution in [3.63, 3.8) is 0 Å². The van der Waals surface area contributed by atoms with Crippen LogP contribution < -0.4 is 10.7 Å². The van der Waals surface area contributed by atoms with Crippen LogP contribution in [0.4, 0.5) is 0 Å². The molecule has 3 rings (SSSR count). The van der Waals surface area contributed by atoms with Crippen molar-refractivity contribution in [3.8, 4) is 0 Å². The van der Waals surface area contributed by atoms with Gasteiger partial charge in [0, 0.05) is 24.9 Å². The molecule has 1 heterocycles. The van der Waals surface area contributed by atoms with E-state index >= 15 is 0 Å². The summed E-state index contributed by atoms with van der Waals surface area (Å²) in [5, 5.41) is 14.2. The van der Waals surface area contributed by atoms with Gasteiger partial charge in [0.2, 0.25) is 5.91 Å². The molecule has 2 atom stereocenters. The summed E-state index contributed by atoms with van der Waals surface area (Å²) in [7, 11) is 0. The maximum atomic E-state index is 14.2. The van der Waals surface area contributed by atoms with Crippen molar-refractivity contribution in [1.29, 1.82) is 0 Å². The number of carbonyl (C=O) groups excluding carboxylic acids is 4. The van der Waals surface area contributed by atoms with Crippen molar-refractivity contribution in [1.82, 2.24) is 20.7 Å². The standard InChI is InChI=1S/C29H32N4O6/c1-19(35)33(22(18-34)16-24(36)37)32-27(39)29(28(2,3)4,17-20-10-6-5-7-11-20)31-26(38)25-23-13-9-8-12-21(23)14-15-30-25/h5-15,18,22H,16-17H2,1-4H3,(H,31,38)(H,32,39)(H,36,37)/t22-,29+/m0/s1. The minimum atomic E-state index is -1.67. The van der Waals surface area contributed by atoms with E-state index in [0.29, 0.717) is 10.4 Å². The maximum Gasteiger partial charge on any atom is 0.305 e. The Kier molecular flexibility index (Phi) is 8.80. The summed E-state index contributed by atoms with van der Waals surface area (Å²) in [6, 6.07) is 16.6. The molecule has 0 saturated heterocycles. The number of aldehydes is 1. The lowest BCUT2D eigenvalue weighted by Gasteiger charge is -2.45. The van der Waals surface area contributed by atoms with Gasteiger partial charge in [-0.2, -0.15) is 0 Å². The first-order valence-corrected chi connectivity index (χ1v) is 12.4. The molecule has 3 amide bonds. The molecule has 3 N–H and O–H groups in total. The van der Waals surface area contributed by atoms with E-state index in [9.17, 15) is 29.1 Å². The van der Waals surface area contributed by atoms with Crippen molar-refractivity contribution in [2.75, 3.05) is 0 Å². The topological polar surface area (TPSA) is 146 Å². The highest BCUT2D eigenvalue weighted by atomic mass is 16.4. The number of nitrogens with one attached hydrogen (secondary N) is 2. The molecule has 204 valence electrons. The molecule has 0 saturated carbocycles. The molecular formula is C29H32N4O6. The number of hydrogen-bond donors (Lipinski definition) is 3. The van der Waals surface area contributed by atoms with Crippen LogP contribution in [0, 0.1) is 5.41 Å². The summed E-state index contributed by atoms with van der Waals surface area (Å²) in [6.07, 6.45) is 1.10. The Bertz CT molecular complexity index is 1380. The van der Waals surface area contributed by atoms with Gasteiger partial charge in [-0.25, -0.2) is 5.01 Å². The molecule has 0 fully saturated rings. The highest BCUT2D eigenvalue weighted by Gasteiger charge is 2.51. The van der Waals surface area contributed by atoms with Crippen LogP contribution in [0.2, 0.25) is 0 Å². The van der Waals surface area contributed by atoms with Crippen molar-refractivity contribution >= 4 is 40.7 Å². The molecule has 2 aromatic carbocycles. The average Bonchev–Trinajstić information content (AvgIpc) is 2.89. The number of hydrogen-bond acceptors (Lipinski definition) is 6. The van der Waals surface area contributed by atoms with Gasteiger partial charge in [-0.3, -0.25) is 29.6 Å². The van der Waals surface area contributed by atoms with E-state index in [1.165, 1.54) is 6.20 Å². The monoisotopic (exact) mass is 532 g/mol. The summed E-state index contributed by atoms with van der Waals surface area (Å²) in [6.45, 7) is 6.39. The van der Waals surface area contributed by atoms with Crippen LogP contribution in [-0.2, 0) is 25.6 Å². The fourth-order valence-electron chi connectivity index (χ4n) is 4.41. The second-order valence-electron chi connectivity index (χ2n) is 10.3. The molecule has 0 bridgehead atoms. The molecule has 0 spiro atoms. The van der Waals surface area contributed by atoms with Crippen LogP contribution in [0.3, 0.4) is 0 Å². The predicted octanol–water partition coefficient (Wildman–Crippen LogP) is 2.91. The molecule has 39 heavy (non-hydrogen) atoms. The lowest BCUT2D eigenvalue weighted by Crippen LogP contribution is -2.70. The first kappa shape index (κ1) is 29.0. The fourth-order valence-corrected chi connectivity index (χ4v) is 4.41. The average molecular weight is 533 g/mol. The van der Waals surface area contributed by atoms with Gasteiger partial charge in [-0.1, -0.05) is 75.4 Å². The summed E-state index contributed by atoms with van der Waals surface area (Å²) in [5.41, 5.74) is 0.669. The largest absolute Gasteiger partial charge is 0.481 e. The fraction of sp³-hybridized carbons (Fsp3) is 0.310. The molecule has 1 aromatic heterocycles. The Morgan fingerprint density at radius 2 is 1.64 bits per heavy atom. The lowest BCUT2D eigenvalue weighted by atomic mass is 9.69. The van der Waals surface area contributed by atoms with Crippen LogP contribution in [0.15, 0.2) is 66.9 Å². The SMILES string of the molecule is CC(=O)N(NC(=O)[C@@](Cc1ccccc1)(NC(=O)c1nccc2ccccc12)C(C)(C)C)[C@H](C=O)CC(=O)O. The summed E-state index contributed by atoms with van der Waals surface area (Å²) in [4.78, 5) is 67.7. The number of rotatable bonds is 9. The first-order chi connectivity index (χ1) is 18.4. The van der Waals surface area contributed by atoms with Gasteiger partial charge >= 0.3 is 5.97 Å². The van der Waals surface area contributed by atoms with E-state index < -0.39 is 47.1 Å². The van der Waals surface area contributed by atoms with Gasteiger partial charge in [0.1, 0.15) is 23.6 Å². The summed E-state index contributed by atoms with van der Waals surface area (Å²) >= 11 is 0. The number of amides is 3. The zero-order chi connectivity index (χ0) is 28.8. The number of aliphatic carboxylic acids is 1. The number of pyridine rings is 1. The van der Waals surface area contributed by atoms with E-state index in [1.54, 1.807) is 63.2 Å². The van der Waals surface area contributed by atoms with E-state index in [1.807, 2.05) is 18.2 Å². The molecule has 10 heteroatoms. The molecule has 0 aliphatic carbocycles. The molecule has 0 unspecified atom stereocenters. The van der Waals surface area contributed by atoms with Gasteiger partial charge < -0.3 is 15.2 Å². The van der Waals surface area contributed by atoms with Crippen LogP contribution in [0.5, 0.6) is 0 Å². The Morgan fingerprint density at radius 1 is 1.00 bits per heavy atom. The molecule has 0 aliphatic rings. The smallest absolute Gasteiger partial charge is 0.305 e. The van der Waals surface area contributed by atoms with Crippen molar-refractivity contribution in [2.45, 2.75) is 52.1 Å². The second kappa shape index (κ2) is 11.8. The molecule has 0 radical (unpaired) electrons. The van der Waals surface area contributed by atoms with E-state index in [4.69, 9.17) is 0 Å². The third-order valence-electron chi connectivity index (χ3n) is 6.63. The summed E-state index contributed by atoms with van der Waals surface area (Å²) < 4.78 is 0. The number of nitrogens with zero attached hydrogens (tertiary/aromatic N) is 2. The van der Waals surface area contributed by atoms with Gasteiger partial charge in [-0.15, -0.1) is 0 Å². The number of benzene rings is 2. The maximum absolute atomic E-state index is 14.2. The van der Waals surface area contributed by atoms with Gasteiger partial charge in [0.25, 0.3) is 11.8 Å². The van der Waals surface area contributed by atoms with Crippen molar-refractivity contribution < 1.29 is 29.1 Å². The van der Waals surface area contributed by atoms with E-state index in [-0.39, 0.29) is 18.4 Å². The normalized spacial score (nSPS) is 13.5. The Hall–Kier alpha value is -4.60.